The average molecular weight is 345 g/mol. The zero-order valence-corrected chi connectivity index (χ0v) is 14.0. The van der Waals surface area contributed by atoms with Crippen LogP contribution in [0.15, 0.2) is 40.9 Å². The van der Waals surface area contributed by atoms with E-state index in [1.54, 1.807) is 0 Å². The van der Waals surface area contributed by atoms with Crippen molar-refractivity contribution in [3.8, 4) is 5.75 Å². The first-order valence-electron chi connectivity index (χ1n) is 6.98. The summed E-state index contributed by atoms with van der Waals surface area (Å²) in [4.78, 5) is 12.7. The second-order valence-electron chi connectivity index (χ2n) is 6.17. The van der Waals surface area contributed by atoms with E-state index in [4.69, 9.17) is 4.74 Å². The molecular formula is C18H17BrO2. The molecule has 2 nitrogen and oxygen atoms in total. The highest BCUT2D eigenvalue weighted by molar-refractivity contribution is 9.10. The van der Waals surface area contributed by atoms with Crippen molar-refractivity contribution in [3.63, 3.8) is 0 Å². The first kappa shape index (κ1) is 14.3. The molecule has 0 N–H and O–H groups in total. The first-order chi connectivity index (χ1) is 9.85. The van der Waals surface area contributed by atoms with Gasteiger partial charge in [-0.1, -0.05) is 22.0 Å². The van der Waals surface area contributed by atoms with Gasteiger partial charge in [0.2, 0.25) is 0 Å². The molecule has 1 aliphatic heterocycles. The maximum absolute atomic E-state index is 12.7. The Hall–Kier alpha value is -1.61. The molecule has 0 amide bonds. The monoisotopic (exact) mass is 344 g/mol. The highest BCUT2D eigenvalue weighted by Gasteiger charge is 2.30. The number of rotatable bonds is 2. The van der Waals surface area contributed by atoms with Crippen LogP contribution in [0.1, 0.15) is 40.9 Å². The van der Waals surface area contributed by atoms with Crippen LogP contribution >= 0.6 is 15.9 Å². The zero-order chi connectivity index (χ0) is 15.2. The zero-order valence-electron chi connectivity index (χ0n) is 12.4. The highest BCUT2D eigenvalue weighted by Crippen LogP contribution is 2.35. The number of ketones is 1. The minimum absolute atomic E-state index is 0.0365. The molecule has 0 aromatic heterocycles. The third kappa shape index (κ3) is 2.75. The number of hydrogen-bond donors (Lipinski definition) is 0. The Kier molecular flexibility index (Phi) is 3.40. The van der Waals surface area contributed by atoms with Crippen molar-refractivity contribution < 1.29 is 9.53 Å². The lowest BCUT2D eigenvalue weighted by Gasteiger charge is -2.16. The van der Waals surface area contributed by atoms with E-state index in [0.717, 1.165) is 27.8 Å². The van der Waals surface area contributed by atoms with Crippen LogP contribution in [-0.4, -0.2) is 11.4 Å². The fourth-order valence-corrected chi connectivity index (χ4v) is 3.38. The topological polar surface area (TPSA) is 26.3 Å². The van der Waals surface area contributed by atoms with Crippen molar-refractivity contribution in [2.75, 3.05) is 0 Å². The van der Waals surface area contributed by atoms with E-state index in [1.807, 2.05) is 43.3 Å². The molecule has 0 fully saturated rings. The number of carbonyl (C=O) groups excluding carboxylic acids is 1. The lowest BCUT2D eigenvalue weighted by molar-refractivity contribution is 0.103. The molecular weight excluding hydrogens is 328 g/mol. The van der Waals surface area contributed by atoms with Gasteiger partial charge >= 0.3 is 0 Å². The standard InChI is InChI=1S/C18H17BrO2/c1-11-4-6-14(15(19)8-11)17(20)12-5-7-16-13(9-12)10-18(2,3)21-16/h4-9H,10H2,1-3H3. The summed E-state index contributed by atoms with van der Waals surface area (Å²) in [5.41, 5.74) is 3.45. The number of hydrogen-bond acceptors (Lipinski definition) is 2. The van der Waals surface area contributed by atoms with Gasteiger partial charge in [0.25, 0.3) is 0 Å². The third-order valence-corrected chi connectivity index (χ3v) is 4.35. The molecule has 3 rings (SSSR count). The van der Waals surface area contributed by atoms with Crippen molar-refractivity contribution in [2.24, 2.45) is 0 Å². The largest absolute Gasteiger partial charge is 0.487 e. The summed E-state index contributed by atoms with van der Waals surface area (Å²) in [5.74, 6) is 0.925. The molecule has 1 aliphatic rings. The quantitative estimate of drug-likeness (QED) is 0.738. The van der Waals surface area contributed by atoms with Crippen molar-refractivity contribution >= 4 is 21.7 Å². The summed E-state index contributed by atoms with van der Waals surface area (Å²) in [5, 5.41) is 0. The molecule has 0 radical (unpaired) electrons. The van der Waals surface area contributed by atoms with Crippen LogP contribution in [-0.2, 0) is 6.42 Å². The lowest BCUT2D eigenvalue weighted by Crippen LogP contribution is -2.24. The number of aryl methyl sites for hydroxylation is 1. The Morgan fingerprint density at radius 2 is 1.95 bits per heavy atom. The fraction of sp³-hybridized carbons (Fsp3) is 0.278. The molecule has 3 heteroatoms. The van der Waals surface area contributed by atoms with Gasteiger partial charge in [-0.25, -0.2) is 0 Å². The molecule has 0 spiro atoms. The molecule has 0 unspecified atom stereocenters. The first-order valence-corrected chi connectivity index (χ1v) is 7.78. The molecule has 0 aliphatic carbocycles. The maximum Gasteiger partial charge on any atom is 0.194 e. The van der Waals surface area contributed by atoms with Crippen molar-refractivity contribution in [3.05, 3.63) is 63.1 Å². The van der Waals surface area contributed by atoms with Crippen LogP contribution < -0.4 is 4.74 Å². The predicted molar refractivity (Wildman–Crippen MR) is 87.2 cm³/mol. The van der Waals surface area contributed by atoms with Gasteiger partial charge in [-0.2, -0.15) is 0 Å². The van der Waals surface area contributed by atoms with Crippen LogP contribution in [0.4, 0.5) is 0 Å². The Labute approximate surface area is 133 Å². The molecule has 21 heavy (non-hydrogen) atoms. The predicted octanol–water partition coefficient (Wildman–Crippen LogP) is 4.70. The Balaban J connectivity index is 1.97. The van der Waals surface area contributed by atoms with E-state index in [9.17, 15) is 4.79 Å². The molecule has 1 heterocycles. The van der Waals surface area contributed by atoms with Gasteiger partial charge in [-0.15, -0.1) is 0 Å². The smallest absolute Gasteiger partial charge is 0.194 e. The Bertz CT molecular complexity index is 732. The molecule has 0 atom stereocenters. The van der Waals surface area contributed by atoms with Gasteiger partial charge in [0, 0.05) is 22.0 Å². The van der Waals surface area contributed by atoms with Crippen molar-refractivity contribution in [2.45, 2.75) is 32.8 Å². The summed E-state index contributed by atoms with van der Waals surface area (Å²) in [6, 6.07) is 11.5. The van der Waals surface area contributed by atoms with Gasteiger partial charge < -0.3 is 4.74 Å². The summed E-state index contributed by atoms with van der Waals surface area (Å²) in [6.45, 7) is 6.13. The fourth-order valence-electron chi connectivity index (χ4n) is 2.71. The van der Waals surface area contributed by atoms with E-state index in [0.29, 0.717) is 11.1 Å². The Morgan fingerprint density at radius 1 is 1.19 bits per heavy atom. The minimum Gasteiger partial charge on any atom is -0.487 e. The van der Waals surface area contributed by atoms with Gasteiger partial charge in [-0.3, -0.25) is 4.79 Å². The number of halogens is 1. The van der Waals surface area contributed by atoms with Crippen LogP contribution in [0, 0.1) is 6.92 Å². The summed E-state index contributed by atoms with van der Waals surface area (Å²) in [7, 11) is 0. The van der Waals surface area contributed by atoms with Gasteiger partial charge in [0.1, 0.15) is 11.4 Å². The van der Waals surface area contributed by atoms with E-state index >= 15 is 0 Å². The second kappa shape index (κ2) is 4.99. The van der Waals surface area contributed by atoms with Crippen LogP contribution in [0.5, 0.6) is 5.75 Å². The molecule has 0 saturated heterocycles. The minimum atomic E-state index is -0.186. The second-order valence-corrected chi connectivity index (χ2v) is 7.03. The normalized spacial score (nSPS) is 15.4. The number of benzene rings is 2. The van der Waals surface area contributed by atoms with Crippen LogP contribution in [0.3, 0.4) is 0 Å². The van der Waals surface area contributed by atoms with Gasteiger partial charge in [0.15, 0.2) is 5.78 Å². The Morgan fingerprint density at radius 3 is 2.67 bits per heavy atom. The third-order valence-electron chi connectivity index (χ3n) is 3.69. The van der Waals surface area contributed by atoms with E-state index in [2.05, 4.69) is 29.8 Å². The SMILES string of the molecule is Cc1ccc(C(=O)c2ccc3c(c2)CC(C)(C)O3)c(Br)c1. The summed E-state index contributed by atoms with van der Waals surface area (Å²) >= 11 is 3.48. The average Bonchev–Trinajstić information content (AvgIpc) is 2.70. The molecule has 2 aromatic rings. The van der Waals surface area contributed by atoms with E-state index in [1.165, 1.54) is 0 Å². The van der Waals surface area contributed by atoms with Crippen molar-refractivity contribution in [1.82, 2.24) is 0 Å². The summed E-state index contributed by atoms with van der Waals surface area (Å²) < 4.78 is 6.69. The molecule has 2 aromatic carbocycles. The number of ether oxygens (including phenoxy) is 1. The highest BCUT2D eigenvalue weighted by atomic mass is 79.9. The van der Waals surface area contributed by atoms with E-state index in [-0.39, 0.29) is 11.4 Å². The van der Waals surface area contributed by atoms with Gasteiger partial charge in [-0.05, 0) is 62.2 Å². The molecule has 0 bridgehead atoms. The number of carbonyl (C=O) groups is 1. The number of fused-ring (bicyclic) bond motifs is 1. The van der Waals surface area contributed by atoms with E-state index < -0.39 is 0 Å². The summed E-state index contributed by atoms with van der Waals surface area (Å²) in [6.07, 6.45) is 0.832. The van der Waals surface area contributed by atoms with Crippen molar-refractivity contribution in [1.29, 1.82) is 0 Å². The van der Waals surface area contributed by atoms with Gasteiger partial charge in [0.05, 0.1) is 0 Å². The van der Waals surface area contributed by atoms with Crippen LogP contribution in [0.25, 0.3) is 0 Å². The van der Waals surface area contributed by atoms with Crippen LogP contribution in [0.2, 0.25) is 0 Å². The molecule has 0 saturated carbocycles. The lowest BCUT2D eigenvalue weighted by atomic mass is 9.97. The maximum atomic E-state index is 12.7. The molecule has 108 valence electrons.